The van der Waals surface area contributed by atoms with Crippen LogP contribution in [0.4, 0.5) is 15.0 Å². The van der Waals surface area contributed by atoms with Crippen LogP contribution in [0.5, 0.6) is 0 Å². The molecule has 0 radical (unpaired) electrons. The molecule has 1 aliphatic carbocycles. The van der Waals surface area contributed by atoms with E-state index in [4.69, 9.17) is 5.11 Å². The van der Waals surface area contributed by atoms with Gasteiger partial charge < -0.3 is 15.7 Å². The summed E-state index contributed by atoms with van der Waals surface area (Å²) in [7, 11) is -1.78. The molecule has 3 N–H and O–H groups in total. The first-order chi connectivity index (χ1) is 52.3. The van der Waals surface area contributed by atoms with Crippen molar-refractivity contribution in [1.82, 2.24) is 20.1 Å². The summed E-state index contributed by atoms with van der Waals surface area (Å²) in [6.45, 7) is 0.832. The topological polar surface area (TPSA) is 109 Å². The predicted molar refractivity (Wildman–Crippen MR) is 449 cm³/mol. The molecule has 14 heteroatoms. The summed E-state index contributed by atoms with van der Waals surface area (Å²) in [5, 5.41) is 35.4. The largest absolute Gasteiger partial charge is 0.465 e. The van der Waals surface area contributed by atoms with E-state index < -0.39 is 43.6 Å². The molecule has 2 aromatic heterocycles. The maximum absolute atomic E-state index is 14.6. The number of nitrogens with one attached hydrogen (secondary N) is 2. The van der Waals surface area contributed by atoms with Gasteiger partial charge in [-0.2, -0.15) is 5.10 Å². The van der Waals surface area contributed by atoms with Crippen molar-refractivity contribution in [3.8, 4) is 11.1 Å². The van der Waals surface area contributed by atoms with Crippen LogP contribution in [0.15, 0.2) is 382 Å². The van der Waals surface area contributed by atoms with E-state index in [-0.39, 0.29) is 38.3 Å². The Morgan fingerprint density at radius 3 is 0.944 bits per heavy atom. The van der Waals surface area contributed by atoms with Crippen molar-refractivity contribution in [2.24, 2.45) is 5.92 Å². The molecule has 1 saturated carbocycles. The summed E-state index contributed by atoms with van der Waals surface area (Å²) in [5.74, 6) is -0.682. The third-order valence-electron chi connectivity index (χ3n) is 18.2. The maximum Gasteiger partial charge on any atom is 0.404 e. The summed E-state index contributed by atoms with van der Waals surface area (Å²) >= 11 is 0. The average molecular weight is 1570 g/mol. The van der Waals surface area contributed by atoms with Gasteiger partial charge in [-0.1, -0.05) is 377 Å². The van der Waals surface area contributed by atoms with Gasteiger partial charge in [0, 0.05) is 55.7 Å². The molecule has 3 heterocycles. The van der Waals surface area contributed by atoms with E-state index in [9.17, 15) is 14.0 Å². The monoisotopic (exact) mass is 1570 g/mol. The van der Waals surface area contributed by atoms with Gasteiger partial charge in [0.05, 0.1) is 12.4 Å². The van der Waals surface area contributed by atoms with Gasteiger partial charge >= 0.3 is 6.09 Å². The first-order valence-electron chi connectivity index (χ1n) is 36.1. The Morgan fingerprint density at radius 1 is 0.374 bits per heavy atom. The third-order valence-corrected chi connectivity index (χ3v) is 27.9. The molecule has 8 nitrogen and oxygen atoms in total. The van der Waals surface area contributed by atoms with Crippen molar-refractivity contribution in [2.75, 3.05) is 5.32 Å². The zero-order chi connectivity index (χ0) is 72.8. The van der Waals surface area contributed by atoms with Crippen molar-refractivity contribution in [3.63, 3.8) is 0 Å². The van der Waals surface area contributed by atoms with Crippen LogP contribution in [0.25, 0.3) is 11.1 Å². The number of anilines is 1. The Morgan fingerprint density at radius 2 is 0.664 bits per heavy atom. The van der Waals surface area contributed by atoms with Crippen LogP contribution in [-0.4, -0.2) is 37.9 Å². The summed E-state index contributed by atoms with van der Waals surface area (Å²) < 4.78 is 16.5. The van der Waals surface area contributed by atoms with Gasteiger partial charge in [-0.25, -0.2) is 14.2 Å². The van der Waals surface area contributed by atoms with E-state index in [0.717, 1.165) is 62.5 Å². The molecular formula is C93H86FN5O3P4Pd. The van der Waals surface area contributed by atoms with Gasteiger partial charge in [0.1, 0.15) is 11.6 Å². The average Bonchev–Trinajstić information content (AvgIpc) is 1.64. The molecule has 2 atom stereocenters. The molecule has 0 saturated heterocycles. The van der Waals surface area contributed by atoms with Crippen LogP contribution in [0.3, 0.4) is 0 Å². The Hall–Kier alpha value is -9.95. The summed E-state index contributed by atoms with van der Waals surface area (Å²) in [4.78, 5) is 27.6. The van der Waals surface area contributed by atoms with Crippen molar-refractivity contribution in [2.45, 2.75) is 64.0 Å². The number of amides is 2. The molecule has 107 heavy (non-hydrogen) atoms. The van der Waals surface area contributed by atoms with Gasteiger partial charge in [0.2, 0.25) is 5.91 Å². The first-order valence-corrected chi connectivity index (χ1v) is 41.5. The number of carbonyl (C=O) groups excluding carboxylic acids is 1. The van der Waals surface area contributed by atoms with E-state index in [1.807, 2.05) is 4.68 Å². The number of pyridine rings is 1. The Bertz CT molecular complexity index is 4040. The number of carbonyl (C=O) groups is 2. The molecule has 1 aliphatic heterocycles. The predicted octanol–water partition coefficient (Wildman–Crippen LogP) is 17.4. The van der Waals surface area contributed by atoms with Crippen LogP contribution in [0, 0.1) is 11.7 Å². The van der Waals surface area contributed by atoms with Gasteiger partial charge in [-0.3, -0.25) is 9.48 Å². The molecule has 12 aromatic carbocycles. The number of benzene rings is 12. The molecule has 16 rings (SSSR count). The molecule has 0 bridgehead atoms. The summed E-state index contributed by atoms with van der Waals surface area (Å²) in [5.41, 5.74) is 2.15. The number of hydrogen-bond donors (Lipinski definition) is 3. The number of nitrogens with zero attached hydrogens (tertiary/aromatic N) is 3. The molecule has 0 spiro atoms. The smallest absolute Gasteiger partial charge is 0.404 e. The second kappa shape index (κ2) is 41.8. The second-order valence-electron chi connectivity index (χ2n) is 25.5. The fourth-order valence-electron chi connectivity index (χ4n) is 13.2. The molecule has 1 fully saturated rings. The molecule has 14 aromatic rings. The molecular weight excluding hydrogens is 1480 g/mol. The summed E-state index contributed by atoms with van der Waals surface area (Å²) in [6, 6.07) is 131. The van der Waals surface area contributed by atoms with Crippen molar-refractivity contribution in [1.29, 1.82) is 0 Å². The Kier molecular flexibility index (Phi) is 30.5. The number of carboxylic acid groups (broad SMARTS) is 1. The molecule has 2 aliphatic rings. The SMILES string of the molecule is O=C(O)N[C@@H]1CCC[C@H](C(=O)Nc2cc(-c3cnn4c3CCCCC4)c(F)cn2)C1.[Pd].c1ccc(P(c2ccccc2)c2ccccc2)cc1.c1ccc(P(c2ccccc2)c2ccccc2)cc1.c1ccc(P(c2ccccc2)c2ccccc2)cc1.c1ccc(P(c2ccccc2)c2ccccc2)cc1. The fraction of sp³-hybridized carbons (Fsp3) is 0.118. The molecule has 2 amide bonds. The quantitative estimate of drug-likeness (QED) is 0.0660. The second-order valence-corrected chi connectivity index (χ2v) is 34.3. The van der Waals surface area contributed by atoms with Crippen LogP contribution in [0.2, 0.25) is 0 Å². The Balaban J connectivity index is 0.000000135. The maximum atomic E-state index is 14.6. The number of aromatic nitrogens is 3. The fourth-order valence-corrected chi connectivity index (χ4v) is 22.4. The van der Waals surface area contributed by atoms with Crippen LogP contribution >= 0.6 is 31.7 Å². The number of aryl methyl sites for hydroxylation is 1. The van der Waals surface area contributed by atoms with E-state index >= 15 is 0 Å². The zero-order valence-electron chi connectivity index (χ0n) is 59.5. The zero-order valence-corrected chi connectivity index (χ0v) is 64.6. The standard InChI is InChI=1S/C21H26FN5O3.4C18H15P.Pd/c22-17-12-23-19(26-20(28)13-5-4-6-14(9-13)25-21(29)30)10-15(17)16-11-24-27-8-3-1-2-7-18(16)27;4*1-4-10-16(11-5-1)19(17-12-6-2-7-13-17)18-14-8-3-9-15-18;/h10-14,25H,1-9H2,(H,29,30)(H,23,26,28);4*1-15H;/t13-,14+;;;;;/m0...../s1. The van der Waals surface area contributed by atoms with E-state index in [0.29, 0.717) is 24.2 Å². The first kappa shape index (κ1) is 78.1. The van der Waals surface area contributed by atoms with Crippen LogP contribution < -0.4 is 74.3 Å². The normalized spacial score (nSPS) is 13.5. The minimum atomic E-state index is -1.08. The van der Waals surface area contributed by atoms with Gasteiger partial charge in [-0.05, 0) is 140 Å². The van der Waals surface area contributed by atoms with E-state index in [1.54, 1.807) is 12.3 Å². The number of halogens is 1. The minimum Gasteiger partial charge on any atom is -0.465 e. The van der Waals surface area contributed by atoms with Gasteiger partial charge in [0.25, 0.3) is 0 Å². The third kappa shape index (κ3) is 22.6. The number of hydrogen-bond acceptors (Lipinski definition) is 4. The molecule has 0 unspecified atom stereocenters. The van der Waals surface area contributed by atoms with Crippen molar-refractivity contribution >= 4 is 113 Å². The minimum absolute atomic E-state index is 0. The van der Waals surface area contributed by atoms with Crippen LogP contribution in [-0.2, 0) is 38.2 Å². The van der Waals surface area contributed by atoms with Crippen molar-refractivity contribution < 1.29 is 39.5 Å². The van der Waals surface area contributed by atoms with Crippen molar-refractivity contribution in [3.05, 3.63) is 394 Å². The van der Waals surface area contributed by atoms with Crippen LogP contribution in [0.1, 0.15) is 50.6 Å². The number of rotatable bonds is 16. The van der Waals surface area contributed by atoms with Gasteiger partial charge in [0.15, 0.2) is 0 Å². The number of fused-ring (bicyclic) bond motifs is 1. The Labute approximate surface area is 648 Å². The van der Waals surface area contributed by atoms with E-state index in [2.05, 4.69) is 385 Å². The molecule has 538 valence electrons. The summed E-state index contributed by atoms with van der Waals surface area (Å²) in [6.07, 6.45) is 8.45. The van der Waals surface area contributed by atoms with E-state index in [1.165, 1.54) is 63.7 Å². The van der Waals surface area contributed by atoms with Gasteiger partial charge in [-0.15, -0.1) is 0 Å².